The molecule has 0 spiro atoms. The van der Waals surface area contributed by atoms with Crippen LogP contribution < -0.4 is 4.90 Å². The molecule has 0 saturated carbocycles. The molecule has 33 heavy (non-hydrogen) atoms. The lowest BCUT2D eigenvalue weighted by atomic mass is 9.90. The summed E-state index contributed by atoms with van der Waals surface area (Å²) in [5.41, 5.74) is 6.62. The minimum Gasteiger partial charge on any atom is -0.355 e. The van der Waals surface area contributed by atoms with Gasteiger partial charge in [-0.2, -0.15) is 0 Å². The zero-order valence-electron chi connectivity index (χ0n) is 19.3. The Balaban J connectivity index is 0.00000259. The smallest absolute Gasteiger partial charge is 0.153 e. The zero-order valence-corrected chi connectivity index (χ0v) is 20.9. The monoisotopic (exact) mass is 479 g/mol. The molecule has 3 nitrogen and oxygen atoms in total. The predicted octanol–water partition coefficient (Wildman–Crippen LogP) is 7.24. The highest BCUT2D eigenvalue weighted by molar-refractivity contribution is 6.30. The van der Waals surface area contributed by atoms with Crippen molar-refractivity contribution in [3.63, 3.8) is 0 Å². The Morgan fingerprint density at radius 2 is 1.61 bits per heavy atom. The van der Waals surface area contributed by atoms with Crippen LogP contribution in [0, 0.1) is 19.8 Å². The van der Waals surface area contributed by atoms with E-state index in [1.54, 1.807) is 0 Å². The third-order valence-corrected chi connectivity index (χ3v) is 7.31. The van der Waals surface area contributed by atoms with Crippen LogP contribution in [0.3, 0.4) is 0 Å². The van der Waals surface area contributed by atoms with Gasteiger partial charge in [0.15, 0.2) is 5.82 Å². The molecule has 0 aliphatic carbocycles. The van der Waals surface area contributed by atoms with E-state index in [9.17, 15) is 0 Å². The topological polar surface area (TPSA) is 21.1 Å². The minimum absolute atomic E-state index is 0. The molecule has 2 aromatic heterocycles. The van der Waals surface area contributed by atoms with Crippen LogP contribution in [-0.2, 0) is 13.0 Å². The summed E-state index contributed by atoms with van der Waals surface area (Å²) in [5.74, 6) is 1.88. The number of aromatic nitrogens is 2. The van der Waals surface area contributed by atoms with Crippen molar-refractivity contribution in [2.75, 3.05) is 18.0 Å². The number of rotatable bonds is 5. The van der Waals surface area contributed by atoms with Gasteiger partial charge in [-0.05, 0) is 73.9 Å². The fourth-order valence-electron chi connectivity index (χ4n) is 5.07. The lowest BCUT2D eigenvalue weighted by molar-refractivity contribution is 0.402. The molecule has 5 rings (SSSR count). The lowest BCUT2D eigenvalue weighted by Crippen LogP contribution is -2.35. The summed E-state index contributed by atoms with van der Waals surface area (Å²) in [6.45, 7) is 7.41. The van der Waals surface area contributed by atoms with Crippen molar-refractivity contribution in [1.82, 2.24) is 9.55 Å². The van der Waals surface area contributed by atoms with E-state index in [0.29, 0.717) is 0 Å². The van der Waals surface area contributed by atoms with Gasteiger partial charge in [-0.15, -0.1) is 12.4 Å². The molecule has 4 aromatic rings. The Hall–Kier alpha value is -2.49. The highest BCUT2D eigenvalue weighted by Gasteiger charge is 2.24. The highest BCUT2D eigenvalue weighted by Crippen LogP contribution is 2.34. The standard InChI is InChI=1S/C28H30ClN3.ClH/c1-20-21(2)32(19-24-8-10-25(29)11-9-24)27-26(20)12-15-30-28(27)31-16-13-23(14-17-31)18-22-6-4-3-5-7-22;/h3-12,15,23H,13-14,16-19H2,1-2H3;1H. The Bertz CT molecular complexity index is 1210. The second-order valence-electron chi connectivity index (χ2n) is 9.07. The van der Waals surface area contributed by atoms with Crippen LogP contribution in [0.4, 0.5) is 5.82 Å². The third-order valence-electron chi connectivity index (χ3n) is 7.06. The Labute approximate surface area is 207 Å². The predicted molar refractivity (Wildman–Crippen MR) is 142 cm³/mol. The first-order valence-corrected chi connectivity index (χ1v) is 12.0. The van der Waals surface area contributed by atoms with Gasteiger partial charge >= 0.3 is 0 Å². The van der Waals surface area contributed by atoms with E-state index < -0.39 is 0 Å². The molecular formula is C28H31Cl2N3. The molecular weight excluding hydrogens is 449 g/mol. The van der Waals surface area contributed by atoms with Crippen LogP contribution >= 0.6 is 24.0 Å². The maximum Gasteiger partial charge on any atom is 0.153 e. The van der Waals surface area contributed by atoms with Crippen molar-refractivity contribution >= 4 is 40.7 Å². The van der Waals surface area contributed by atoms with Gasteiger partial charge in [-0.3, -0.25) is 0 Å². The summed E-state index contributed by atoms with van der Waals surface area (Å²) in [5, 5.41) is 2.09. The number of halogens is 2. The fraction of sp³-hybridized carbons (Fsp3) is 0.321. The van der Waals surface area contributed by atoms with Crippen LogP contribution in [0.25, 0.3) is 10.9 Å². The van der Waals surface area contributed by atoms with Crippen molar-refractivity contribution in [2.24, 2.45) is 5.92 Å². The first-order chi connectivity index (χ1) is 15.6. The summed E-state index contributed by atoms with van der Waals surface area (Å²) in [6, 6.07) is 21.3. The largest absolute Gasteiger partial charge is 0.355 e. The molecule has 172 valence electrons. The summed E-state index contributed by atoms with van der Waals surface area (Å²) in [4.78, 5) is 7.40. The molecule has 1 aliphatic heterocycles. The Morgan fingerprint density at radius 3 is 2.30 bits per heavy atom. The summed E-state index contributed by atoms with van der Waals surface area (Å²) in [6.07, 6.45) is 5.58. The SMILES string of the molecule is Cc1c(C)n(Cc2ccc(Cl)cc2)c2c(N3CCC(Cc4ccccc4)CC3)nccc12.Cl. The minimum atomic E-state index is 0. The molecule has 0 radical (unpaired) electrons. The van der Waals surface area contributed by atoms with Crippen molar-refractivity contribution in [2.45, 2.75) is 39.7 Å². The number of nitrogens with zero attached hydrogens (tertiary/aromatic N) is 3. The second kappa shape index (κ2) is 10.2. The van der Waals surface area contributed by atoms with Gasteiger partial charge in [0.2, 0.25) is 0 Å². The van der Waals surface area contributed by atoms with Crippen LogP contribution in [0.2, 0.25) is 5.02 Å². The molecule has 2 aromatic carbocycles. The van der Waals surface area contributed by atoms with E-state index in [0.717, 1.165) is 36.4 Å². The average Bonchev–Trinajstić information content (AvgIpc) is 3.07. The van der Waals surface area contributed by atoms with Crippen molar-refractivity contribution in [3.8, 4) is 0 Å². The third kappa shape index (κ3) is 4.90. The van der Waals surface area contributed by atoms with Crippen LogP contribution in [0.15, 0.2) is 66.9 Å². The molecule has 0 amide bonds. The van der Waals surface area contributed by atoms with Gasteiger partial charge in [0, 0.05) is 41.9 Å². The van der Waals surface area contributed by atoms with Gasteiger partial charge < -0.3 is 9.47 Å². The van der Waals surface area contributed by atoms with Gasteiger partial charge in [-0.25, -0.2) is 4.98 Å². The molecule has 0 atom stereocenters. The molecule has 0 unspecified atom stereocenters. The van der Waals surface area contributed by atoms with E-state index in [4.69, 9.17) is 16.6 Å². The van der Waals surface area contributed by atoms with Crippen molar-refractivity contribution < 1.29 is 0 Å². The number of hydrogen-bond acceptors (Lipinski definition) is 2. The van der Waals surface area contributed by atoms with Gasteiger partial charge in [0.05, 0.1) is 5.52 Å². The number of fused-ring (bicyclic) bond motifs is 1. The van der Waals surface area contributed by atoms with Crippen LogP contribution in [0.1, 0.15) is 35.2 Å². The van der Waals surface area contributed by atoms with Gasteiger partial charge in [-0.1, -0.05) is 54.1 Å². The molecule has 5 heteroatoms. The quantitative estimate of drug-likeness (QED) is 0.300. The number of aryl methyl sites for hydroxylation is 1. The average molecular weight is 480 g/mol. The lowest BCUT2D eigenvalue weighted by Gasteiger charge is -2.33. The maximum absolute atomic E-state index is 6.11. The van der Waals surface area contributed by atoms with E-state index >= 15 is 0 Å². The maximum atomic E-state index is 6.11. The summed E-state index contributed by atoms with van der Waals surface area (Å²) >= 11 is 6.11. The van der Waals surface area contributed by atoms with Crippen LogP contribution in [-0.4, -0.2) is 22.6 Å². The highest BCUT2D eigenvalue weighted by atomic mass is 35.5. The number of hydrogen-bond donors (Lipinski definition) is 0. The number of piperidine rings is 1. The van der Waals surface area contributed by atoms with E-state index in [-0.39, 0.29) is 12.4 Å². The van der Waals surface area contributed by atoms with E-state index in [2.05, 4.69) is 71.8 Å². The van der Waals surface area contributed by atoms with Gasteiger partial charge in [0.25, 0.3) is 0 Å². The zero-order chi connectivity index (χ0) is 22.1. The number of pyridine rings is 1. The first-order valence-electron chi connectivity index (χ1n) is 11.6. The molecule has 1 fully saturated rings. The van der Waals surface area contributed by atoms with Gasteiger partial charge in [0.1, 0.15) is 0 Å². The fourth-order valence-corrected chi connectivity index (χ4v) is 5.20. The number of anilines is 1. The summed E-state index contributed by atoms with van der Waals surface area (Å²) < 4.78 is 2.44. The Kier molecular flexibility index (Phi) is 7.31. The molecule has 3 heterocycles. The molecule has 0 bridgehead atoms. The number of benzene rings is 2. The second-order valence-corrected chi connectivity index (χ2v) is 9.51. The molecule has 1 aliphatic rings. The van der Waals surface area contributed by atoms with E-state index in [1.165, 1.54) is 52.5 Å². The van der Waals surface area contributed by atoms with Crippen molar-refractivity contribution in [3.05, 3.63) is 94.3 Å². The van der Waals surface area contributed by atoms with Crippen molar-refractivity contribution in [1.29, 1.82) is 0 Å². The normalized spacial score (nSPS) is 14.5. The summed E-state index contributed by atoms with van der Waals surface area (Å²) in [7, 11) is 0. The molecule has 1 saturated heterocycles. The Morgan fingerprint density at radius 1 is 0.909 bits per heavy atom. The van der Waals surface area contributed by atoms with E-state index in [1.807, 2.05) is 18.3 Å². The van der Waals surface area contributed by atoms with Crippen LogP contribution in [0.5, 0.6) is 0 Å². The molecule has 0 N–H and O–H groups in total. The first kappa shape index (κ1) is 23.7.